The van der Waals surface area contributed by atoms with Gasteiger partial charge in [0.05, 0.1) is 6.04 Å². The SMILES string of the molecule is C[C@H](NC(=O)[C@@H](N)Cc1ccc(O)cc1)C(N)=O. The molecular weight excluding hydrogens is 234 g/mol. The number of aromatic hydroxyl groups is 1. The maximum atomic E-state index is 11.6. The quantitative estimate of drug-likeness (QED) is 0.550. The Balaban J connectivity index is 2.54. The molecule has 0 heterocycles. The molecular formula is C12H17N3O3. The van der Waals surface area contributed by atoms with Crippen LogP contribution in [0.3, 0.4) is 0 Å². The number of phenols is 1. The first-order valence-electron chi connectivity index (χ1n) is 5.53. The van der Waals surface area contributed by atoms with Crippen LogP contribution in [0.4, 0.5) is 0 Å². The number of primary amides is 1. The Labute approximate surface area is 105 Å². The minimum absolute atomic E-state index is 0.152. The molecule has 0 bridgehead atoms. The fraction of sp³-hybridized carbons (Fsp3) is 0.333. The van der Waals surface area contributed by atoms with Gasteiger partial charge in [0.2, 0.25) is 11.8 Å². The molecule has 0 saturated carbocycles. The average molecular weight is 251 g/mol. The Morgan fingerprint density at radius 2 is 1.89 bits per heavy atom. The van der Waals surface area contributed by atoms with Crippen LogP contribution in [0.2, 0.25) is 0 Å². The van der Waals surface area contributed by atoms with Crippen molar-refractivity contribution >= 4 is 11.8 Å². The first-order valence-corrected chi connectivity index (χ1v) is 5.53. The Morgan fingerprint density at radius 3 is 2.39 bits per heavy atom. The number of rotatable bonds is 5. The third kappa shape index (κ3) is 4.06. The van der Waals surface area contributed by atoms with Gasteiger partial charge in [-0.3, -0.25) is 9.59 Å². The Kier molecular flexibility index (Phi) is 4.67. The molecule has 18 heavy (non-hydrogen) atoms. The molecule has 6 nitrogen and oxygen atoms in total. The smallest absolute Gasteiger partial charge is 0.239 e. The highest BCUT2D eigenvalue weighted by Crippen LogP contribution is 2.10. The molecule has 1 rings (SSSR count). The number of hydrogen-bond acceptors (Lipinski definition) is 4. The van der Waals surface area contributed by atoms with Crippen molar-refractivity contribution in [2.24, 2.45) is 11.5 Å². The van der Waals surface area contributed by atoms with Gasteiger partial charge >= 0.3 is 0 Å². The number of hydrogen-bond donors (Lipinski definition) is 4. The molecule has 0 aliphatic heterocycles. The summed E-state index contributed by atoms with van der Waals surface area (Å²) in [5.74, 6) is -0.895. The van der Waals surface area contributed by atoms with E-state index in [9.17, 15) is 9.59 Å². The van der Waals surface area contributed by atoms with E-state index in [4.69, 9.17) is 16.6 Å². The van der Waals surface area contributed by atoms with Crippen LogP contribution in [-0.4, -0.2) is 29.0 Å². The fourth-order valence-electron chi connectivity index (χ4n) is 1.37. The summed E-state index contributed by atoms with van der Waals surface area (Å²) in [5.41, 5.74) is 11.6. The average Bonchev–Trinajstić information content (AvgIpc) is 2.31. The van der Waals surface area contributed by atoms with Crippen molar-refractivity contribution in [2.75, 3.05) is 0 Å². The lowest BCUT2D eigenvalue weighted by atomic mass is 10.1. The van der Waals surface area contributed by atoms with Crippen molar-refractivity contribution in [2.45, 2.75) is 25.4 Å². The van der Waals surface area contributed by atoms with Gasteiger partial charge in [-0.05, 0) is 31.0 Å². The Morgan fingerprint density at radius 1 is 1.33 bits per heavy atom. The van der Waals surface area contributed by atoms with Crippen LogP contribution >= 0.6 is 0 Å². The molecule has 0 spiro atoms. The molecule has 1 aromatic rings. The summed E-state index contributed by atoms with van der Waals surface area (Å²) in [5, 5.41) is 11.5. The van der Waals surface area contributed by atoms with Crippen LogP contribution in [0.15, 0.2) is 24.3 Å². The van der Waals surface area contributed by atoms with Crippen molar-refractivity contribution in [3.63, 3.8) is 0 Å². The zero-order chi connectivity index (χ0) is 13.7. The number of nitrogens with two attached hydrogens (primary N) is 2. The maximum Gasteiger partial charge on any atom is 0.239 e. The zero-order valence-corrected chi connectivity index (χ0v) is 10.1. The normalized spacial score (nSPS) is 13.7. The van der Waals surface area contributed by atoms with Gasteiger partial charge in [-0.25, -0.2) is 0 Å². The molecule has 2 atom stereocenters. The summed E-state index contributed by atoms with van der Waals surface area (Å²) in [4.78, 5) is 22.4. The van der Waals surface area contributed by atoms with Crippen molar-refractivity contribution in [1.82, 2.24) is 5.32 Å². The lowest BCUT2D eigenvalue weighted by molar-refractivity contribution is -0.127. The number of nitrogens with one attached hydrogen (secondary N) is 1. The van der Waals surface area contributed by atoms with Crippen LogP contribution in [0.1, 0.15) is 12.5 Å². The van der Waals surface area contributed by atoms with Gasteiger partial charge in [0, 0.05) is 0 Å². The molecule has 6 heteroatoms. The van der Waals surface area contributed by atoms with Gasteiger partial charge in [-0.15, -0.1) is 0 Å². The number of amides is 2. The van der Waals surface area contributed by atoms with E-state index in [1.54, 1.807) is 12.1 Å². The van der Waals surface area contributed by atoms with E-state index < -0.39 is 23.9 Å². The van der Waals surface area contributed by atoms with Crippen molar-refractivity contribution in [3.8, 4) is 5.75 Å². The minimum Gasteiger partial charge on any atom is -0.508 e. The molecule has 1 aromatic carbocycles. The summed E-state index contributed by atoms with van der Waals surface area (Å²) in [6.07, 6.45) is 0.317. The molecule has 0 unspecified atom stereocenters. The predicted octanol–water partition coefficient (Wildman–Crippen LogP) is -0.748. The molecule has 98 valence electrons. The lowest BCUT2D eigenvalue weighted by Gasteiger charge is -2.15. The van der Waals surface area contributed by atoms with Crippen molar-refractivity contribution < 1.29 is 14.7 Å². The molecule has 0 saturated heterocycles. The Hall–Kier alpha value is -2.08. The maximum absolute atomic E-state index is 11.6. The fourth-order valence-corrected chi connectivity index (χ4v) is 1.37. The van der Waals surface area contributed by atoms with E-state index in [-0.39, 0.29) is 5.75 Å². The van der Waals surface area contributed by atoms with E-state index in [1.165, 1.54) is 19.1 Å². The third-order valence-corrected chi connectivity index (χ3v) is 2.51. The van der Waals surface area contributed by atoms with Gasteiger partial charge < -0.3 is 21.9 Å². The van der Waals surface area contributed by atoms with Crippen LogP contribution < -0.4 is 16.8 Å². The second kappa shape index (κ2) is 6.02. The predicted molar refractivity (Wildman–Crippen MR) is 66.6 cm³/mol. The summed E-state index contributed by atoms with van der Waals surface area (Å²) in [7, 11) is 0. The standard InChI is InChI=1S/C12H17N3O3/c1-7(11(14)17)15-12(18)10(13)6-8-2-4-9(16)5-3-8/h2-5,7,10,16H,6,13H2,1H3,(H2,14,17)(H,15,18)/t7-,10-/m0/s1. The molecule has 0 radical (unpaired) electrons. The number of benzene rings is 1. The van der Waals surface area contributed by atoms with Gasteiger partial charge in [-0.2, -0.15) is 0 Å². The first kappa shape index (κ1) is 14.0. The lowest BCUT2D eigenvalue weighted by Crippen LogP contribution is -2.49. The van der Waals surface area contributed by atoms with E-state index in [2.05, 4.69) is 5.32 Å². The molecule has 0 aliphatic carbocycles. The number of carbonyl (C=O) groups excluding carboxylic acids is 2. The van der Waals surface area contributed by atoms with Crippen LogP contribution in [-0.2, 0) is 16.0 Å². The molecule has 0 aliphatic rings. The van der Waals surface area contributed by atoms with E-state index in [0.29, 0.717) is 6.42 Å². The summed E-state index contributed by atoms with van der Waals surface area (Å²) >= 11 is 0. The van der Waals surface area contributed by atoms with Crippen LogP contribution in [0, 0.1) is 0 Å². The highest BCUT2D eigenvalue weighted by atomic mass is 16.3. The highest BCUT2D eigenvalue weighted by molar-refractivity contribution is 5.88. The van der Waals surface area contributed by atoms with E-state index in [0.717, 1.165) is 5.56 Å². The van der Waals surface area contributed by atoms with Crippen LogP contribution in [0.25, 0.3) is 0 Å². The molecule has 0 fully saturated rings. The minimum atomic E-state index is -0.767. The van der Waals surface area contributed by atoms with Crippen molar-refractivity contribution in [1.29, 1.82) is 0 Å². The van der Waals surface area contributed by atoms with Gasteiger partial charge in [0.1, 0.15) is 11.8 Å². The topological polar surface area (TPSA) is 118 Å². The third-order valence-electron chi connectivity index (χ3n) is 2.51. The summed E-state index contributed by atoms with van der Waals surface area (Å²) in [6, 6.07) is 4.89. The summed E-state index contributed by atoms with van der Waals surface area (Å²) < 4.78 is 0. The first-order chi connectivity index (χ1) is 8.40. The Bertz CT molecular complexity index is 431. The molecule has 0 aromatic heterocycles. The van der Waals surface area contributed by atoms with E-state index >= 15 is 0 Å². The van der Waals surface area contributed by atoms with Gasteiger partial charge in [-0.1, -0.05) is 12.1 Å². The second-order valence-electron chi connectivity index (χ2n) is 4.11. The van der Waals surface area contributed by atoms with E-state index in [1.807, 2.05) is 0 Å². The number of phenolic OH excluding ortho intramolecular Hbond substituents is 1. The van der Waals surface area contributed by atoms with Crippen molar-refractivity contribution in [3.05, 3.63) is 29.8 Å². The van der Waals surface area contributed by atoms with Gasteiger partial charge in [0.25, 0.3) is 0 Å². The van der Waals surface area contributed by atoms with Crippen LogP contribution in [0.5, 0.6) is 5.75 Å². The molecule has 6 N–H and O–H groups in total. The monoisotopic (exact) mass is 251 g/mol. The van der Waals surface area contributed by atoms with Gasteiger partial charge in [0.15, 0.2) is 0 Å². The highest BCUT2D eigenvalue weighted by Gasteiger charge is 2.18. The summed E-state index contributed by atoms with van der Waals surface area (Å²) in [6.45, 7) is 1.49. The largest absolute Gasteiger partial charge is 0.508 e. The number of carbonyl (C=O) groups is 2. The molecule has 2 amide bonds. The zero-order valence-electron chi connectivity index (χ0n) is 10.1. The second-order valence-corrected chi connectivity index (χ2v) is 4.11.